The molecule has 0 N–H and O–H groups in total. The van der Waals surface area contributed by atoms with E-state index >= 15 is 0 Å². The number of ketones is 2. The normalized spacial score (nSPS) is 18.8. The van der Waals surface area contributed by atoms with Crippen LogP contribution in [-0.4, -0.2) is 31.6 Å². The predicted octanol–water partition coefficient (Wildman–Crippen LogP) is 3.50. The van der Waals surface area contributed by atoms with Crippen LogP contribution in [0.25, 0.3) is 0 Å². The minimum absolute atomic E-state index is 0.116. The SMILES string of the molecule is Cn1c(CC2([N+](=O)[O-])CCCCCCC2)nc2c1C(=O)c1ccccc1C2=O. The first-order chi connectivity index (χ1) is 13.4. The van der Waals surface area contributed by atoms with Crippen LogP contribution in [0.3, 0.4) is 0 Å². The van der Waals surface area contributed by atoms with Gasteiger partial charge in [-0.2, -0.15) is 0 Å². The highest BCUT2D eigenvalue weighted by Gasteiger charge is 2.45. The van der Waals surface area contributed by atoms with Gasteiger partial charge in [-0.05, 0) is 12.8 Å². The van der Waals surface area contributed by atoms with E-state index in [2.05, 4.69) is 4.98 Å². The van der Waals surface area contributed by atoms with Crippen LogP contribution in [0, 0.1) is 10.1 Å². The van der Waals surface area contributed by atoms with Crippen LogP contribution < -0.4 is 0 Å². The summed E-state index contributed by atoms with van der Waals surface area (Å²) < 4.78 is 1.59. The Bertz CT molecular complexity index is 968. The molecule has 4 rings (SSSR count). The van der Waals surface area contributed by atoms with E-state index < -0.39 is 5.54 Å². The number of fused-ring (bicyclic) bond motifs is 2. The maximum absolute atomic E-state index is 12.9. The molecule has 2 aliphatic carbocycles. The molecule has 0 atom stereocenters. The third-order valence-corrected chi connectivity index (χ3v) is 6.19. The van der Waals surface area contributed by atoms with Crippen LogP contribution in [0.1, 0.15) is 82.9 Å². The van der Waals surface area contributed by atoms with E-state index in [-0.39, 0.29) is 34.3 Å². The second-order valence-corrected chi connectivity index (χ2v) is 7.91. The Balaban J connectivity index is 1.75. The summed E-state index contributed by atoms with van der Waals surface area (Å²) in [7, 11) is 1.68. The number of imidazole rings is 1. The molecular weight excluding hydrogens is 358 g/mol. The minimum Gasteiger partial charge on any atom is -0.328 e. The van der Waals surface area contributed by atoms with E-state index in [0.717, 1.165) is 32.1 Å². The average molecular weight is 381 g/mol. The highest BCUT2D eigenvalue weighted by Crippen LogP contribution is 2.34. The summed E-state index contributed by atoms with van der Waals surface area (Å²) in [4.78, 5) is 42.1. The van der Waals surface area contributed by atoms with Crippen molar-refractivity contribution in [1.29, 1.82) is 0 Å². The van der Waals surface area contributed by atoms with Gasteiger partial charge in [0.25, 0.3) is 0 Å². The molecule has 7 nitrogen and oxygen atoms in total. The fraction of sp³-hybridized carbons (Fsp3) is 0.476. The monoisotopic (exact) mass is 381 g/mol. The van der Waals surface area contributed by atoms with E-state index in [1.807, 2.05) is 0 Å². The zero-order chi connectivity index (χ0) is 19.9. The van der Waals surface area contributed by atoms with Crippen LogP contribution >= 0.6 is 0 Å². The van der Waals surface area contributed by atoms with Gasteiger partial charge in [-0.15, -0.1) is 0 Å². The lowest BCUT2D eigenvalue weighted by molar-refractivity contribution is -0.573. The number of carbonyl (C=O) groups excluding carboxylic acids is 2. The van der Waals surface area contributed by atoms with Crippen molar-refractivity contribution in [3.63, 3.8) is 0 Å². The molecule has 146 valence electrons. The Kier molecular flexibility index (Phi) is 4.61. The molecule has 2 aliphatic rings. The molecule has 1 heterocycles. The van der Waals surface area contributed by atoms with Crippen molar-refractivity contribution >= 4 is 11.6 Å². The first-order valence-corrected chi connectivity index (χ1v) is 9.83. The molecule has 0 bridgehead atoms. The van der Waals surface area contributed by atoms with Crippen molar-refractivity contribution in [3.05, 3.63) is 62.7 Å². The number of rotatable bonds is 3. The Morgan fingerprint density at radius 1 is 1.04 bits per heavy atom. The lowest BCUT2D eigenvalue weighted by atomic mass is 9.81. The number of carbonyl (C=O) groups is 2. The zero-order valence-electron chi connectivity index (χ0n) is 15.9. The number of benzene rings is 1. The van der Waals surface area contributed by atoms with Crippen molar-refractivity contribution in [2.45, 2.75) is 56.9 Å². The molecule has 0 amide bonds. The fourth-order valence-electron chi connectivity index (χ4n) is 4.54. The minimum atomic E-state index is -1.08. The smallest absolute Gasteiger partial charge is 0.229 e. The molecule has 0 radical (unpaired) electrons. The molecule has 7 heteroatoms. The molecule has 0 unspecified atom stereocenters. The van der Waals surface area contributed by atoms with Crippen molar-refractivity contribution in [2.75, 3.05) is 0 Å². The second kappa shape index (κ2) is 6.96. The molecule has 1 fully saturated rings. The molecule has 0 saturated heterocycles. The van der Waals surface area contributed by atoms with E-state index in [0.29, 0.717) is 29.8 Å². The van der Waals surface area contributed by atoms with E-state index in [1.165, 1.54) is 0 Å². The van der Waals surface area contributed by atoms with E-state index in [9.17, 15) is 19.7 Å². The summed E-state index contributed by atoms with van der Waals surface area (Å²) in [5, 5.41) is 12.0. The summed E-state index contributed by atoms with van der Waals surface area (Å²) in [5.41, 5.74) is -0.0150. The third kappa shape index (κ3) is 2.85. The van der Waals surface area contributed by atoms with Crippen molar-refractivity contribution in [1.82, 2.24) is 9.55 Å². The van der Waals surface area contributed by atoms with Crippen molar-refractivity contribution in [3.8, 4) is 0 Å². The Morgan fingerprint density at radius 3 is 2.21 bits per heavy atom. The Hall–Kier alpha value is -2.83. The van der Waals surface area contributed by atoms with Crippen molar-refractivity contribution < 1.29 is 14.5 Å². The van der Waals surface area contributed by atoms with Gasteiger partial charge in [0.1, 0.15) is 17.2 Å². The highest BCUT2D eigenvalue weighted by molar-refractivity contribution is 6.27. The molecule has 0 spiro atoms. The van der Waals surface area contributed by atoms with Crippen LogP contribution in [0.15, 0.2) is 24.3 Å². The maximum Gasteiger partial charge on any atom is 0.229 e. The second-order valence-electron chi connectivity index (χ2n) is 7.91. The molecular formula is C21H23N3O4. The van der Waals surface area contributed by atoms with E-state index in [4.69, 9.17) is 0 Å². The average Bonchev–Trinajstić information content (AvgIpc) is 2.98. The van der Waals surface area contributed by atoms with Gasteiger partial charge in [0, 0.05) is 35.9 Å². The summed E-state index contributed by atoms with van der Waals surface area (Å²) in [6, 6.07) is 6.70. The summed E-state index contributed by atoms with van der Waals surface area (Å²) in [5.74, 6) is -0.101. The van der Waals surface area contributed by atoms with Gasteiger partial charge in [0.2, 0.25) is 17.1 Å². The molecule has 1 aromatic heterocycles. The Morgan fingerprint density at radius 2 is 1.61 bits per heavy atom. The quantitative estimate of drug-likeness (QED) is 0.511. The number of aromatic nitrogens is 2. The maximum atomic E-state index is 12.9. The van der Waals surface area contributed by atoms with Gasteiger partial charge >= 0.3 is 0 Å². The van der Waals surface area contributed by atoms with Crippen LogP contribution in [0.4, 0.5) is 0 Å². The zero-order valence-corrected chi connectivity index (χ0v) is 15.9. The molecule has 28 heavy (non-hydrogen) atoms. The lowest BCUT2D eigenvalue weighted by Gasteiger charge is -2.27. The predicted molar refractivity (Wildman–Crippen MR) is 102 cm³/mol. The molecule has 0 aliphatic heterocycles. The van der Waals surface area contributed by atoms with Gasteiger partial charge in [-0.3, -0.25) is 19.7 Å². The summed E-state index contributed by atoms with van der Waals surface area (Å²) in [6.07, 6.45) is 5.88. The molecule has 2 aromatic rings. The van der Waals surface area contributed by atoms with Gasteiger partial charge < -0.3 is 4.57 Å². The first-order valence-electron chi connectivity index (χ1n) is 9.83. The van der Waals surface area contributed by atoms with Crippen LogP contribution in [-0.2, 0) is 13.5 Å². The third-order valence-electron chi connectivity index (χ3n) is 6.19. The first kappa shape index (κ1) is 18.5. The number of nitrogens with zero attached hydrogens (tertiary/aromatic N) is 3. The van der Waals surface area contributed by atoms with Gasteiger partial charge in [0.15, 0.2) is 0 Å². The number of hydrogen-bond acceptors (Lipinski definition) is 5. The van der Waals surface area contributed by atoms with Crippen molar-refractivity contribution in [2.24, 2.45) is 7.05 Å². The number of nitro groups is 1. The summed E-state index contributed by atoms with van der Waals surface area (Å²) >= 11 is 0. The van der Waals surface area contributed by atoms with E-state index in [1.54, 1.807) is 35.9 Å². The topological polar surface area (TPSA) is 95.1 Å². The largest absolute Gasteiger partial charge is 0.328 e. The standard InChI is InChI=1S/C21H23N3O4/c1-23-16(13-21(24(27)28)11-7-3-2-4-8-12-21)22-17-18(23)20(26)15-10-6-5-9-14(15)19(17)25/h5-6,9-10H,2-4,7-8,11-13H2,1H3. The van der Waals surface area contributed by atoms with Gasteiger partial charge in [-0.1, -0.05) is 43.5 Å². The van der Waals surface area contributed by atoms with Gasteiger partial charge in [-0.25, -0.2) is 4.98 Å². The van der Waals surface area contributed by atoms with Crippen LogP contribution in [0.5, 0.6) is 0 Å². The van der Waals surface area contributed by atoms with Gasteiger partial charge in [0.05, 0.1) is 6.42 Å². The molecule has 1 saturated carbocycles. The fourth-order valence-corrected chi connectivity index (χ4v) is 4.54. The molecule has 1 aromatic carbocycles. The lowest BCUT2D eigenvalue weighted by Crippen LogP contribution is -2.42. The summed E-state index contributed by atoms with van der Waals surface area (Å²) in [6.45, 7) is 0. The highest BCUT2D eigenvalue weighted by atomic mass is 16.6. The van der Waals surface area contributed by atoms with Crippen LogP contribution in [0.2, 0.25) is 0 Å². The number of hydrogen-bond donors (Lipinski definition) is 0. The Labute approximate surface area is 162 Å².